The average molecular weight is 787 g/mol. The maximum atomic E-state index is 14.3. The number of pyridine rings is 1. The summed E-state index contributed by atoms with van der Waals surface area (Å²) in [5.74, 6) is -0.790. The number of benzene rings is 2. The summed E-state index contributed by atoms with van der Waals surface area (Å²) in [5, 5.41) is 5.90. The number of rotatable bonds is 25. The normalized spacial score (nSPS) is 16.0. The van der Waals surface area contributed by atoms with E-state index in [1.165, 1.54) is 12.8 Å². The summed E-state index contributed by atoms with van der Waals surface area (Å²) in [5.41, 5.74) is 1.68. The van der Waals surface area contributed by atoms with Crippen molar-refractivity contribution in [2.45, 2.75) is 128 Å². The van der Waals surface area contributed by atoms with Crippen LogP contribution in [0.5, 0.6) is 11.5 Å². The Labute approximate surface area is 338 Å². The minimum absolute atomic E-state index is 0.249. The Balaban J connectivity index is 1.52. The third-order valence-corrected chi connectivity index (χ3v) is 10.4. The lowest BCUT2D eigenvalue weighted by Gasteiger charge is -2.32. The molecule has 2 aromatic carbocycles. The van der Waals surface area contributed by atoms with Gasteiger partial charge in [0.2, 0.25) is 11.8 Å². The molecular weight excluding hydrogens is 725 g/mol. The van der Waals surface area contributed by atoms with Gasteiger partial charge in [-0.3, -0.25) is 14.6 Å². The fraction of sp³-hybridized carbons (Fsp3) is 0.533. The smallest absolute Gasteiger partial charge is 0.333 e. The van der Waals surface area contributed by atoms with E-state index >= 15 is 0 Å². The number of unbranched alkanes of at least 4 members (excludes halogenated alkanes) is 10. The van der Waals surface area contributed by atoms with Crippen molar-refractivity contribution >= 4 is 29.4 Å². The standard InChI is InChI=1S/C45H62N4O8/c1-5-7-9-11-13-15-31-56-44(52)40(33-17-21-36(54-3)22-18-33)47-42(50)38-25-26-39(49(38)35-27-29-46-30-28-35)43(51)48-41(34-19-23-37(55-4)24-20-34)45(53)57-32-16-14-12-10-8-6-2/h17-24,27-30,38-41H,5-16,25-26,31-32H2,1-4H3,(H,47,50)(H,48,51)/t38-,39+,40-,41-/m1/s1. The van der Waals surface area contributed by atoms with Gasteiger partial charge in [-0.15, -0.1) is 0 Å². The molecule has 1 aromatic heterocycles. The van der Waals surface area contributed by atoms with Crippen LogP contribution >= 0.6 is 0 Å². The van der Waals surface area contributed by atoms with Crippen LogP contribution < -0.4 is 25.0 Å². The molecule has 1 aliphatic rings. The molecule has 2 heterocycles. The highest BCUT2D eigenvalue weighted by atomic mass is 16.5. The molecule has 0 bridgehead atoms. The Morgan fingerprint density at radius 2 is 0.982 bits per heavy atom. The molecular formula is C45H62N4O8. The lowest BCUT2D eigenvalue weighted by atomic mass is 10.1. The van der Waals surface area contributed by atoms with E-state index in [2.05, 4.69) is 29.5 Å². The number of carbonyl (C=O) groups excluding carboxylic acids is 4. The van der Waals surface area contributed by atoms with E-state index in [9.17, 15) is 19.2 Å². The Bertz CT molecular complexity index is 1550. The fourth-order valence-corrected chi connectivity index (χ4v) is 7.11. The highest BCUT2D eigenvalue weighted by Crippen LogP contribution is 2.32. The van der Waals surface area contributed by atoms with E-state index in [1.807, 2.05) is 0 Å². The molecule has 2 amide bonds. The van der Waals surface area contributed by atoms with Crippen molar-refractivity contribution in [3.05, 3.63) is 84.2 Å². The predicted octanol–water partition coefficient (Wildman–Crippen LogP) is 7.96. The van der Waals surface area contributed by atoms with Crippen molar-refractivity contribution in [1.82, 2.24) is 15.6 Å². The largest absolute Gasteiger partial charge is 0.497 e. The lowest BCUT2D eigenvalue weighted by Crippen LogP contribution is -2.53. The van der Waals surface area contributed by atoms with Crippen molar-refractivity contribution in [3.63, 3.8) is 0 Å². The van der Waals surface area contributed by atoms with Gasteiger partial charge < -0.3 is 34.5 Å². The van der Waals surface area contributed by atoms with E-state index < -0.39 is 47.9 Å². The molecule has 0 saturated carbocycles. The van der Waals surface area contributed by atoms with Crippen LogP contribution in [0.1, 0.15) is 127 Å². The highest BCUT2D eigenvalue weighted by Gasteiger charge is 2.44. The van der Waals surface area contributed by atoms with Crippen LogP contribution in [-0.4, -0.2) is 68.3 Å². The van der Waals surface area contributed by atoms with Gasteiger partial charge in [-0.1, -0.05) is 102 Å². The Kier molecular flexibility index (Phi) is 19.2. The monoisotopic (exact) mass is 786 g/mol. The fourth-order valence-electron chi connectivity index (χ4n) is 7.11. The minimum atomic E-state index is -1.09. The number of hydrogen-bond donors (Lipinski definition) is 2. The summed E-state index contributed by atoms with van der Waals surface area (Å²) in [4.78, 5) is 61.7. The number of nitrogens with zero attached hydrogens (tertiary/aromatic N) is 2. The molecule has 4 rings (SSSR count). The second kappa shape index (κ2) is 24.5. The van der Waals surface area contributed by atoms with Gasteiger partial charge in [-0.25, -0.2) is 9.59 Å². The van der Waals surface area contributed by atoms with Gasteiger partial charge in [-0.2, -0.15) is 0 Å². The molecule has 310 valence electrons. The van der Waals surface area contributed by atoms with Crippen molar-refractivity contribution in [3.8, 4) is 11.5 Å². The summed E-state index contributed by atoms with van der Waals surface area (Å²) < 4.78 is 22.1. The van der Waals surface area contributed by atoms with Crippen LogP contribution in [0.25, 0.3) is 0 Å². The molecule has 0 spiro atoms. The topological polar surface area (TPSA) is 145 Å². The van der Waals surface area contributed by atoms with Crippen molar-refractivity contribution < 1.29 is 38.1 Å². The zero-order chi connectivity index (χ0) is 40.8. The van der Waals surface area contributed by atoms with Crippen LogP contribution in [-0.2, 0) is 28.7 Å². The van der Waals surface area contributed by atoms with Crippen LogP contribution in [0.2, 0.25) is 0 Å². The van der Waals surface area contributed by atoms with Gasteiger partial charge in [0.05, 0.1) is 27.4 Å². The molecule has 57 heavy (non-hydrogen) atoms. The maximum absolute atomic E-state index is 14.3. The van der Waals surface area contributed by atoms with Gasteiger partial charge in [-0.05, 0) is 73.2 Å². The quantitative estimate of drug-likeness (QED) is 0.0641. The van der Waals surface area contributed by atoms with Crippen LogP contribution in [0.3, 0.4) is 0 Å². The molecule has 2 N–H and O–H groups in total. The van der Waals surface area contributed by atoms with Gasteiger partial charge in [0, 0.05) is 18.1 Å². The van der Waals surface area contributed by atoms with Gasteiger partial charge >= 0.3 is 11.9 Å². The summed E-state index contributed by atoms with van der Waals surface area (Å²) in [6.07, 6.45) is 16.3. The highest BCUT2D eigenvalue weighted by molar-refractivity contribution is 5.96. The minimum Gasteiger partial charge on any atom is -0.497 e. The van der Waals surface area contributed by atoms with Gasteiger partial charge in [0.25, 0.3) is 0 Å². The maximum Gasteiger partial charge on any atom is 0.333 e. The zero-order valence-corrected chi connectivity index (χ0v) is 34.2. The second-order valence-electron chi connectivity index (χ2n) is 14.5. The number of methoxy groups -OCH3 is 2. The number of anilines is 1. The number of esters is 2. The first-order chi connectivity index (χ1) is 27.8. The Morgan fingerprint density at radius 3 is 1.37 bits per heavy atom. The second-order valence-corrected chi connectivity index (χ2v) is 14.5. The van der Waals surface area contributed by atoms with Gasteiger partial charge in [0.1, 0.15) is 23.6 Å². The number of aromatic nitrogens is 1. The molecule has 3 aromatic rings. The number of amides is 2. The third-order valence-electron chi connectivity index (χ3n) is 10.4. The first-order valence-electron chi connectivity index (χ1n) is 20.7. The molecule has 12 heteroatoms. The first kappa shape index (κ1) is 44.6. The molecule has 12 nitrogen and oxygen atoms in total. The molecule has 4 atom stereocenters. The van der Waals surface area contributed by atoms with E-state index in [-0.39, 0.29) is 13.2 Å². The van der Waals surface area contributed by atoms with Crippen LogP contribution in [0.15, 0.2) is 73.1 Å². The third kappa shape index (κ3) is 13.8. The predicted molar refractivity (Wildman–Crippen MR) is 220 cm³/mol. The summed E-state index contributed by atoms with van der Waals surface area (Å²) in [6.45, 7) is 4.84. The number of carbonyl (C=O) groups is 4. The van der Waals surface area contributed by atoms with E-state index in [4.69, 9.17) is 18.9 Å². The van der Waals surface area contributed by atoms with E-state index in [0.717, 1.165) is 64.2 Å². The summed E-state index contributed by atoms with van der Waals surface area (Å²) in [7, 11) is 3.12. The molecule has 1 fully saturated rings. The number of ether oxygens (including phenoxy) is 4. The van der Waals surface area contributed by atoms with Crippen molar-refractivity contribution in [1.29, 1.82) is 0 Å². The summed E-state index contributed by atoms with van der Waals surface area (Å²) in [6, 6.07) is 13.5. The molecule has 1 saturated heterocycles. The van der Waals surface area contributed by atoms with Crippen molar-refractivity contribution in [2.24, 2.45) is 0 Å². The zero-order valence-electron chi connectivity index (χ0n) is 34.2. The molecule has 0 radical (unpaired) electrons. The van der Waals surface area contributed by atoms with Crippen LogP contribution in [0, 0.1) is 0 Å². The lowest BCUT2D eigenvalue weighted by molar-refractivity contribution is -0.148. The molecule has 0 unspecified atom stereocenters. The Hall–Kier alpha value is -5.13. The first-order valence-corrected chi connectivity index (χ1v) is 20.7. The van der Waals surface area contributed by atoms with Crippen molar-refractivity contribution in [2.75, 3.05) is 32.3 Å². The summed E-state index contributed by atoms with van der Waals surface area (Å²) >= 11 is 0. The van der Waals surface area contributed by atoms with E-state index in [0.29, 0.717) is 41.2 Å². The SMILES string of the molecule is CCCCCCCCOC(=O)[C@H](NC(=O)[C@H]1CC[C@@H](C(=O)N[C@@H](C(=O)OCCCCCCCC)c2ccc(OC)cc2)N1c1ccncc1)c1ccc(OC)cc1. The van der Waals surface area contributed by atoms with Crippen LogP contribution in [0.4, 0.5) is 5.69 Å². The Morgan fingerprint density at radius 1 is 0.596 bits per heavy atom. The molecule has 0 aliphatic carbocycles. The number of hydrogen-bond acceptors (Lipinski definition) is 10. The number of nitrogens with one attached hydrogen (secondary N) is 2. The molecule has 1 aliphatic heterocycles. The van der Waals surface area contributed by atoms with E-state index in [1.54, 1.807) is 92.2 Å². The van der Waals surface area contributed by atoms with Gasteiger partial charge in [0.15, 0.2) is 12.1 Å². The average Bonchev–Trinajstić information content (AvgIpc) is 3.70.